The fraction of sp³-hybridized carbons (Fsp3) is 0.414. The van der Waals surface area contributed by atoms with Crippen molar-refractivity contribution >= 4 is 11.8 Å². The molecule has 1 unspecified atom stereocenters. The number of hydrogen-bond donors (Lipinski definition) is 0. The van der Waals surface area contributed by atoms with Crippen LogP contribution in [0.15, 0.2) is 54.7 Å². The summed E-state index contributed by atoms with van der Waals surface area (Å²) < 4.78 is 7.25. The van der Waals surface area contributed by atoms with Crippen molar-refractivity contribution in [1.29, 1.82) is 0 Å². The Morgan fingerprint density at radius 3 is 2.28 bits per heavy atom. The second-order valence-electron chi connectivity index (χ2n) is 9.97. The fourth-order valence-corrected chi connectivity index (χ4v) is 5.04. The molecule has 3 aromatic rings. The van der Waals surface area contributed by atoms with Crippen LogP contribution in [0.2, 0.25) is 0 Å². The molecule has 0 saturated carbocycles. The van der Waals surface area contributed by atoms with Crippen LogP contribution in [0.5, 0.6) is 0 Å². The third-order valence-electron chi connectivity index (χ3n) is 7.16. The molecule has 2 aromatic carbocycles. The smallest absolute Gasteiger partial charge is 0.257 e. The van der Waals surface area contributed by atoms with E-state index in [9.17, 15) is 9.59 Å². The van der Waals surface area contributed by atoms with Gasteiger partial charge in [0.1, 0.15) is 5.69 Å². The molecule has 36 heavy (non-hydrogen) atoms. The number of morpholine rings is 1. The standard InChI is InChI=1S/C29H34N4O3/c1-21-5-9-23(10-6-21)18-33-20-26(27(30-33)24-11-7-22(2)8-12-24)29(35)32-13-3-4-25(19-32)28(34)31-14-16-36-17-15-31/h5-12,20,25H,3-4,13-19H2,1-2H3. The lowest BCUT2D eigenvalue weighted by Crippen LogP contribution is -2.49. The van der Waals surface area contributed by atoms with Gasteiger partial charge in [0.25, 0.3) is 5.91 Å². The van der Waals surface area contributed by atoms with Gasteiger partial charge in [0.15, 0.2) is 0 Å². The van der Waals surface area contributed by atoms with Gasteiger partial charge >= 0.3 is 0 Å². The molecule has 1 atom stereocenters. The summed E-state index contributed by atoms with van der Waals surface area (Å²) in [4.78, 5) is 30.7. The van der Waals surface area contributed by atoms with E-state index in [1.54, 1.807) is 0 Å². The Hall–Kier alpha value is -3.45. The zero-order chi connectivity index (χ0) is 25.1. The molecule has 0 bridgehead atoms. The molecule has 188 valence electrons. The van der Waals surface area contributed by atoms with Gasteiger partial charge in [0, 0.05) is 37.9 Å². The maximum atomic E-state index is 13.8. The van der Waals surface area contributed by atoms with Gasteiger partial charge in [-0.2, -0.15) is 5.10 Å². The third kappa shape index (κ3) is 5.36. The first-order chi connectivity index (χ1) is 17.5. The molecule has 1 aromatic heterocycles. The number of amides is 2. The normalized spacial score (nSPS) is 18.3. The van der Waals surface area contributed by atoms with Crippen LogP contribution >= 0.6 is 0 Å². The molecule has 5 rings (SSSR count). The van der Waals surface area contributed by atoms with Crippen molar-refractivity contribution in [2.75, 3.05) is 39.4 Å². The van der Waals surface area contributed by atoms with Crippen molar-refractivity contribution in [3.63, 3.8) is 0 Å². The summed E-state index contributed by atoms with van der Waals surface area (Å²) in [6, 6.07) is 16.5. The summed E-state index contributed by atoms with van der Waals surface area (Å²) in [5.74, 6) is -0.0731. The monoisotopic (exact) mass is 486 g/mol. The Bertz CT molecular complexity index is 1210. The van der Waals surface area contributed by atoms with Gasteiger partial charge in [0.2, 0.25) is 5.91 Å². The minimum atomic E-state index is -0.161. The van der Waals surface area contributed by atoms with Gasteiger partial charge in [-0.15, -0.1) is 0 Å². The van der Waals surface area contributed by atoms with Crippen LogP contribution in [-0.4, -0.2) is 70.8 Å². The van der Waals surface area contributed by atoms with Gasteiger partial charge in [-0.05, 0) is 32.3 Å². The van der Waals surface area contributed by atoms with E-state index in [0.717, 1.165) is 29.5 Å². The highest BCUT2D eigenvalue weighted by Gasteiger charge is 2.33. The quantitative estimate of drug-likeness (QED) is 0.548. The van der Waals surface area contributed by atoms with Gasteiger partial charge in [0.05, 0.1) is 31.2 Å². The third-order valence-corrected chi connectivity index (χ3v) is 7.16. The first-order valence-electron chi connectivity index (χ1n) is 12.8. The average molecular weight is 487 g/mol. The maximum absolute atomic E-state index is 13.8. The van der Waals surface area contributed by atoms with Crippen molar-refractivity contribution < 1.29 is 14.3 Å². The average Bonchev–Trinajstić information content (AvgIpc) is 3.33. The fourth-order valence-electron chi connectivity index (χ4n) is 5.04. The summed E-state index contributed by atoms with van der Waals surface area (Å²) in [6.45, 7) is 8.24. The Labute approximate surface area is 212 Å². The number of carbonyl (C=O) groups is 2. The van der Waals surface area contributed by atoms with Crippen molar-refractivity contribution in [1.82, 2.24) is 19.6 Å². The van der Waals surface area contributed by atoms with E-state index in [4.69, 9.17) is 9.84 Å². The number of piperidine rings is 1. The Morgan fingerprint density at radius 1 is 0.917 bits per heavy atom. The molecule has 7 nitrogen and oxygen atoms in total. The van der Waals surface area contributed by atoms with Crippen LogP contribution in [0.25, 0.3) is 11.3 Å². The number of ether oxygens (including phenoxy) is 1. The van der Waals surface area contributed by atoms with E-state index < -0.39 is 0 Å². The Morgan fingerprint density at radius 2 is 1.58 bits per heavy atom. The highest BCUT2D eigenvalue weighted by molar-refractivity contribution is 6.00. The van der Waals surface area contributed by atoms with E-state index >= 15 is 0 Å². The molecule has 0 N–H and O–H groups in total. The predicted octanol–water partition coefficient (Wildman–Crippen LogP) is 3.93. The molecule has 2 aliphatic heterocycles. The topological polar surface area (TPSA) is 67.7 Å². The summed E-state index contributed by atoms with van der Waals surface area (Å²) in [6.07, 6.45) is 3.51. The number of benzene rings is 2. The summed E-state index contributed by atoms with van der Waals surface area (Å²) in [7, 11) is 0. The number of hydrogen-bond acceptors (Lipinski definition) is 4. The van der Waals surface area contributed by atoms with E-state index in [0.29, 0.717) is 57.2 Å². The molecule has 0 aliphatic carbocycles. The van der Waals surface area contributed by atoms with Crippen LogP contribution in [0.1, 0.15) is 39.9 Å². The lowest BCUT2D eigenvalue weighted by molar-refractivity contribution is -0.141. The van der Waals surface area contributed by atoms with Gasteiger partial charge in [-0.25, -0.2) is 0 Å². The Kier molecular flexibility index (Phi) is 7.18. The molecule has 0 radical (unpaired) electrons. The Balaban J connectivity index is 1.40. The first kappa shape index (κ1) is 24.3. The van der Waals surface area contributed by atoms with E-state index in [-0.39, 0.29) is 17.7 Å². The van der Waals surface area contributed by atoms with Gasteiger partial charge < -0.3 is 14.5 Å². The minimum Gasteiger partial charge on any atom is -0.378 e. The molecule has 7 heteroatoms. The number of likely N-dealkylation sites (tertiary alicyclic amines) is 1. The van der Waals surface area contributed by atoms with Crippen molar-refractivity contribution in [3.05, 3.63) is 77.0 Å². The largest absolute Gasteiger partial charge is 0.378 e. The minimum absolute atomic E-state index is 0.0554. The van der Waals surface area contributed by atoms with Crippen LogP contribution in [0, 0.1) is 19.8 Å². The van der Waals surface area contributed by atoms with Crippen LogP contribution in [0.3, 0.4) is 0 Å². The zero-order valence-corrected chi connectivity index (χ0v) is 21.2. The number of aromatic nitrogens is 2. The van der Waals surface area contributed by atoms with E-state index in [1.165, 1.54) is 5.56 Å². The van der Waals surface area contributed by atoms with E-state index in [1.807, 2.05) is 51.9 Å². The van der Waals surface area contributed by atoms with Crippen molar-refractivity contribution in [2.24, 2.45) is 5.92 Å². The van der Waals surface area contributed by atoms with Crippen LogP contribution < -0.4 is 0 Å². The highest BCUT2D eigenvalue weighted by atomic mass is 16.5. The number of carbonyl (C=O) groups excluding carboxylic acids is 2. The molecule has 2 aliphatic rings. The van der Waals surface area contributed by atoms with Crippen LogP contribution in [0.4, 0.5) is 0 Å². The second kappa shape index (κ2) is 10.7. The van der Waals surface area contributed by atoms with Crippen molar-refractivity contribution in [2.45, 2.75) is 33.2 Å². The predicted molar refractivity (Wildman–Crippen MR) is 139 cm³/mol. The number of nitrogens with zero attached hydrogens (tertiary/aromatic N) is 4. The maximum Gasteiger partial charge on any atom is 0.257 e. The molecule has 2 amide bonds. The van der Waals surface area contributed by atoms with Crippen molar-refractivity contribution in [3.8, 4) is 11.3 Å². The number of aryl methyl sites for hydroxylation is 2. The molecule has 0 spiro atoms. The lowest BCUT2D eigenvalue weighted by atomic mass is 9.95. The zero-order valence-electron chi connectivity index (χ0n) is 21.2. The molecule has 2 fully saturated rings. The molecule has 3 heterocycles. The molecular formula is C29H34N4O3. The van der Waals surface area contributed by atoms with E-state index in [2.05, 4.69) is 31.2 Å². The molecule has 2 saturated heterocycles. The summed E-state index contributed by atoms with van der Waals surface area (Å²) >= 11 is 0. The summed E-state index contributed by atoms with van der Waals surface area (Å²) in [5.41, 5.74) is 5.70. The first-order valence-corrected chi connectivity index (χ1v) is 12.8. The second-order valence-corrected chi connectivity index (χ2v) is 9.97. The number of rotatable bonds is 5. The SMILES string of the molecule is Cc1ccc(Cn2cc(C(=O)N3CCCC(C(=O)N4CCOCC4)C3)c(-c3ccc(C)cc3)n2)cc1. The van der Waals surface area contributed by atoms with Crippen LogP contribution in [-0.2, 0) is 16.1 Å². The lowest BCUT2D eigenvalue weighted by Gasteiger charge is -2.36. The summed E-state index contributed by atoms with van der Waals surface area (Å²) in [5, 5.41) is 4.85. The highest BCUT2D eigenvalue weighted by Crippen LogP contribution is 2.27. The molecular weight excluding hydrogens is 452 g/mol. The van der Waals surface area contributed by atoms with Gasteiger partial charge in [-0.3, -0.25) is 14.3 Å². The van der Waals surface area contributed by atoms with Gasteiger partial charge in [-0.1, -0.05) is 59.7 Å².